The minimum absolute atomic E-state index is 0.0751. The van der Waals surface area contributed by atoms with Crippen molar-refractivity contribution in [3.63, 3.8) is 0 Å². The number of amides is 1. The molecule has 0 aromatic heterocycles. The van der Waals surface area contributed by atoms with Crippen LogP contribution in [0.5, 0.6) is 0 Å². The molecular formula is C16H24N2O3. The van der Waals surface area contributed by atoms with Crippen LogP contribution in [0.15, 0.2) is 24.3 Å². The number of hydrogen-bond donors (Lipinski definition) is 2. The molecule has 1 rings (SSSR count). The fraction of sp³-hybridized carbons (Fsp3) is 0.500. The van der Waals surface area contributed by atoms with E-state index in [9.17, 15) is 9.59 Å². The van der Waals surface area contributed by atoms with Gasteiger partial charge in [0.2, 0.25) is 5.91 Å². The summed E-state index contributed by atoms with van der Waals surface area (Å²) in [6.45, 7) is 8.36. The lowest BCUT2D eigenvalue weighted by atomic mass is 10.1. The molecular weight excluding hydrogens is 268 g/mol. The van der Waals surface area contributed by atoms with Crippen molar-refractivity contribution >= 4 is 17.6 Å². The number of carbonyl (C=O) groups excluding carboxylic acids is 2. The summed E-state index contributed by atoms with van der Waals surface area (Å²) >= 11 is 0. The molecule has 0 aliphatic heterocycles. The van der Waals surface area contributed by atoms with Crippen LogP contribution in [-0.2, 0) is 9.53 Å². The van der Waals surface area contributed by atoms with Crippen molar-refractivity contribution in [3.8, 4) is 0 Å². The summed E-state index contributed by atoms with van der Waals surface area (Å²) in [6, 6.07) is 6.88. The van der Waals surface area contributed by atoms with Gasteiger partial charge in [0, 0.05) is 11.2 Å². The van der Waals surface area contributed by atoms with E-state index in [1.165, 1.54) is 0 Å². The Kier molecular flexibility index (Phi) is 6.21. The molecule has 21 heavy (non-hydrogen) atoms. The molecule has 2 N–H and O–H groups in total. The standard InChI is InChI=1S/C16H24N2O3/c1-5-10-21-15(20)12-6-8-13(9-7-12)17-11-14(19)18-16(2,3)4/h6-9,17H,5,10-11H2,1-4H3,(H,18,19). The van der Waals surface area contributed by atoms with Crippen molar-refractivity contribution < 1.29 is 14.3 Å². The van der Waals surface area contributed by atoms with Gasteiger partial charge >= 0.3 is 5.97 Å². The maximum Gasteiger partial charge on any atom is 0.338 e. The van der Waals surface area contributed by atoms with Gasteiger partial charge in [-0.05, 0) is 51.5 Å². The van der Waals surface area contributed by atoms with Crippen LogP contribution in [0.3, 0.4) is 0 Å². The number of hydrogen-bond acceptors (Lipinski definition) is 4. The second-order valence-electron chi connectivity index (χ2n) is 5.86. The summed E-state index contributed by atoms with van der Waals surface area (Å²) in [6.07, 6.45) is 0.800. The summed E-state index contributed by atoms with van der Waals surface area (Å²) in [5.41, 5.74) is 1.05. The monoisotopic (exact) mass is 292 g/mol. The highest BCUT2D eigenvalue weighted by Crippen LogP contribution is 2.10. The number of anilines is 1. The maximum atomic E-state index is 11.7. The van der Waals surface area contributed by atoms with Gasteiger partial charge in [-0.2, -0.15) is 0 Å². The zero-order valence-electron chi connectivity index (χ0n) is 13.2. The Labute approximate surface area is 126 Å². The number of carbonyl (C=O) groups is 2. The van der Waals surface area contributed by atoms with E-state index in [0.29, 0.717) is 12.2 Å². The number of benzene rings is 1. The van der Waals surface area contributed by atoms with Crippen LogP contribution in [0.1, 0.15) is 44.5 Å². The molecule has 1 aromatic carbocycles. The smallest absolute Gasteiger partial charge is 0.338 e. The molecule has 0 bridgehead atoms. The first-order chi connectivity index (χ1) is 9.81. The highest BCUT2D eigenvalue weighted by molar-refractivity contribution is 5.90. The number of rotatable bonds is 6. The molecule has 0 aliphatic rings. The van der Waals surface area contributed by atoms with Crippen molar-refractivity contribution in [1.29, 1.82) is 0 Å². The molecule has 1 amide bonds. The molecule has 0 heterocycles. The Morgan fingerprint density at radius 3 is 2.29 bits per heavy atom. The molecule has 0 spiro atoms. The van der Waals surface area contributed by atoms with Gasteiger partial charge in [-0.1, -0.05) is 6.92 Å². The van der Waals surface area contributed by atoms with E-state index < -0.39 is 0 Å². The molecule has 5 nitrogen and oxygen atoms in total. The quantitative estimate of drug-likeness (QED) is 0.791. The fourth-order valence-electron chi connectivity index (χ4n) is 1.65. The molecule has 0 fully saturated rings. The van der Waals surface area contributed by atoms with Crippen LogP contribution in [0.2, 0.25) is 0 Å². The summed E-state index contributed by atoms with van der Waals surface area (Å²) < 4.78 is 5.05. The SMILES string of the molecule is CCCOC(=O)c1ccc(NCC(=O)NC(C)(C)C)cc1. The van der Waals surface area contributed by atoms with Crippen LogP contribution in [0.25, 0.3) is 0 Å². The molecule has 0 saturated heterocycles. The first kappa shape index (κ1) is 17.0. The van der Waals surface area contributed by atoms with E-state index in [1.54, 1.807) is 24.3 Å². The second kappa shape index (κ2) is 7.67. The Morgan fingerprint density at radius 1 is 1.14 bits per heavy atom. The van der Waals surface area contributed by atoms with Gasteiger partial charge in [-0.15, -0.1) is 0 Å². The first-order valence-corrected chi connectivity index (χ1v) is 7.14. The molecule has 116 valence electrons. The van der Waals surface area contributed by atoms with Crippen molar-refractivity contribution in [2.24, 2.45) is 0 Å². The van der Waals surface area contributed by atoms with E-state index >= 15 is 0 Å². The lowest BCUT2D eigenvalue weighted by Crippen LogP contribution is -2.43. The van der Waals surface area contributed by atoms with Crippen LogP contribution >= 0.6 is 0 Å². The van der Waals surface area contributed by atoms with Crippen LogP contribution in [0.4, 0.5) is 5.69 Å². The Hall–Kier alpha value is -2.04. The Morgan fingerprint density at radius 2 is 1.76 bits per heavy atom. The Bertz CT molecular complexity index is 475. The van der Waals surface area contributed by atoms with Crippen LogP contribution in [0, 0.1) is 0 Å². The zero-order valence-corrected chi connectivity index (χ0v) is 13.2. The molecule has 0 unspecified atom stereocenters. The Balaban J connectivity index is 2.48. The van der Waals surface area contributed by atoms with Gasteiger partial charge in [-0.25, -0.2) is 4.79 Å². The topological polar surface area (TPSA) is 67.4 Å². The van der Waals surface area contributed by atoms with Gasteiger partial charge < -0.3 is 15.4 Å². The van der Waals surface area contributed by atoms with E-state index in [-0.39, 0.29) is 24.0 Å². The van der Waals surface area contributed by atoms with E-state index in [1.807, 2.05) is 27.7 Å². The number of nitrogens with one attached hydrogen (secondary N) is 2. The maximum absolute atomic E-state index is 11.7. The van der Waals surface area contributed by atoms with E-state index in [2.05, 4.69) is 10.6 Å². The highest BCUT2D eigenvalue weighted by atomic mass is 16.5. The third-order valence-corrected chi connectivity index (χ3v) is 2.53. The number of esters is 1. The van der Waals surface area contributed by atoms with Crippen molar-refractivity contribution in [1.82, 2.24) is 5.32 Å². The summed E-state index contributed by atoms with van der Waals surface area (Å²) in [7, 11) is 0. The second-order valence-corrected chi connectivity index (χ2v) is 5.86. The van der Waals surface area contributed by atoms with Crippen molar-refractivity contribution in [3.05, 3.63) is 29.8 Å². The van der Waals surface area contributed by atoms with Gasteiger partial charge in [0.1, 0.15) is 0 Å². The van der Waals surface area contributed by atoms with E-state index in [4.69, 9.17) is 4.74 Å². The average Bonchev–Trinajstić information content (AvgIpc) is 2.41. The van der Waals surface area contributed by atoms with Crippen LogP contribution in [-0.4, -0.2) is 30.6 Å². The van der Waals surface area contributed by atoms with Gasteiger partial charge in [0.25, 0.3) is 0 Å². The van der Waals surface area contributed by atoms with Crippen LogP contribution < -0.4 is 10.6 Å². The first-order valence-electron chi connectivity index (χ1n) is 7.14. The van der Waals surface area contributed by atoms with Crippen molar-refractivity contribution in [2.45, 2.75) is 39.7 Å². The third-order valence-electron chi connectivity index (χ3n) is 2.53. The largest absolute Gasteiger partial charge is 0.462 e. The molecule has 5 heteroatoms. The zero-order chi connectivity index (χ0) is 15.9. The van der Waals surface area contributed by atoms with Gasteiger partial charge in [0.15, 0.2) is 0 Å². The summed E-state index contributed by atoms with van der Waals surface area (Å²) in [4.78, 5) is 23.3. The van der Waals surface area contributed by atoms with Gasteiger partial charge in [0.05, 0.1) is 18.7 Å². The molecule has 0 radical (unpaired) electrons. The highest BCUT2D eigenvalue weighted by Gasteiger charge is 2.13. The molecule has 0 atom stereocenters. The fourth-order valence-corrected chi connectivity index (χ4v) is 1.65. The summed E-state index contributed by atoms with van der Waals surface area (Å²) in [5.74, 6) is -0.400. The predicted molar refractivity (Wildman–Crippen MR) is 83.4 cm³/mol. The molecule has 0 saturated carbocycles. The molecule has 0 aliphatic carbocycles. The lowest BCUT2D eigenvalue weighted by Gasteiger charge is -2.20. The third kappa shape index (κ3) is 6.79. The minimum atomic E-state index is -0.325. The predicted octanol–water partition coefficient (Wildman–Crippen LogP) is 2.58. The van der Waals surface area contributed by atoms with Gasteiger partial charge in [-0.3, -0.25) is 4.79 Å². The number of ether oxygens (including phenoxy) is 1. The summed E-state index contributed by atoms with van der Waals surface area (Å²) in [5, 5.41) is 5.88. The average molecular weight is 292 g/mol. The normalized spacial score (nSPS) is 10.9. The minimum Gasteiger partial charge on any atom is -0.462 e. The van der Waals surface area contributed by atoms with Crippen molar-refractivity contribution in [2.75, 3.05) is 18.5 Å². The molecule has 1 aromatic rings. The van der Waals surface area contributed by atoms with E-state index in [0.717, 1.165) is 12.1 Å². The lowest BCUT2D eigenvalue weighted by molar-refractivity contribution is -0.120.